The van der Waals surface area contributed by atoms with Gasteiger partial charge in [-0.3, -0.25) is 14.7 Å². The number of rotatable bonds is 7. The Hall–Kier alpha value is -3.88. The van der Waals surface area contributed by atoms with Crippen LogP contribution in [0.3, 0.4) is 0 Å². The minimum absolute atomic E-state index is 0.0377. The van der Waals surface area contributed by atoms with Crippen molar-refractivity contribution >= 4 is 29.0 Å². The second-order valence-corrected chi connectivity index (χ2v) is 6.74. The molecule has 9 heteroatoms. The monoisotopic (exact) mass is 392 g/mol. The van der Waals surface area contributed by atoms with E-state index in [4.69, 9.17) is 10.5 Å². The topological polar surface area (TPSA) is 135 Å². The molecule has 0 radical (unpaired) electrons. The lowest BCUT2D eigenvalue weighted by Gasteiger charge is -2.16. The zero-order chi connectivity index (χ0) is 20.4. The Labute approximate surface area is 166 Å². The Kier molecular flexibility index (Phi) is 4.86. The second kappa shape index (κ2) is 7.63. The summed E-state index contributed by atoms with van der Waals surface area (Å²) in [4.78, 5) is 28.1. The van der Waals surface area contributed by atoms with Crippen molar-refractivity contribution in [2.24, 2.45) is 11.7 Å². The molecule has 0 unspecified atom stereocenters. The van der Waals surface area contributed by atoms with Gasteiger partial charge < -0.3 is 21.1 Å². The van der Waals surface area contributed by atoms with Crippen LogP contribution in [0, 0.1) is 5.92 Å². The molecule has 1 aliphatic carbocycles. The van der Waals surface area contributed by atoms with Gasteiger partial charge in [-0.1, -0.05) is 12.1 Å². The van der Waals surface area contributed by atoms with Gasteiger partial charge in [-0.2, -0.15) is 5.10 Å². The van der Waals surface area contributed by atoms with E-state index in [9.17, 15) is 9.59 Å². The van der Waals surface area contributed by atoms with Crippen molar-refractivity contribution in [1.82, 2.24) is 15.2 Å². The predicted molar refractivity (Wildman–Crippen MR) is 108 cm³/mol. The van der Waals surface area contributed by atoms with Crippen molar-refractivity contribution in [3.63, 3.8) is 0 Å². The number of primary amides is 1. The standard InChI is InChI=1S/C20H20N6O3/c1-29-18-13(12-8-23-24-9-12)3-2-4-15(18)25-16-7-17(22-10-14(16)19(21)27)26-20(28)11-5-6-11/h2-4,7-11H,5-6H2,1H3,(H2,21,27)(H,23,24)(H2,22,25,26,28). The Bertz CT molecular complexity index is 1060. The number of H-pyrrole nitrogens is 1. The molecular weight excluding hydrogens is 372 g/mol. The van der Waals surface area contributed by atoms with Crippen molar-refractivity contribution in [2.75, 3.05) is 17.7 Å². The van der Waals surface area contributed by atoms with Gasteiger partial charge in [0.1, 0.15) is 11.6 Å². The lowest BCUT2D eigenvalue weighted by molar-refractivity contribution is -0.117. The third-order valence-electron chi connectivity index (χ3n) is 4.67. The van der Waals surface area contributed by atoms with Gasteiger partial charge >= 0.3 is 0 Å². The molecule has 1 fully saturated rings. The Balaban J connectivity index is 1.70. The molecule has 148 valence electrons. The maximum absolute atomic E-state index is 12.0. The molecule has 5 N–H and O–H groups in total. The molecule has 0 saturated heterocycles. The number of pyridine rings is 1. The largest absolute Gasteiger partial charge is 0.494 e. The fourth-order valence-corrected chi connectivity index (χ4v) is 3.02. The van der Waals surface area contributed by atoms with E-state index in [0.29, 0.717) is 22.9 Å². The lowest BCUT2D eigenvalue weighted by atomic mass is 10.1. The first-order chi connectivity index (χ1) is 14.1. The average Bonchev–Trinajstić information content (AvgIpc) is 3.42. The van der Waals surface area contributed by atoms with Crippen molar-refractivity contribution in [3.8, 4) is 16.9 Å². The van der Waals surface area contributed by atoms with E-state index < -0.39 is 5.91 Å². The highest BCUT2D eigenvalue weighted by Crippen LogP contribution is 2.38. The Morgan fingerprint density at radius 1 is 1.24 bits per heavy atom. The van der Waals surface area contributed by atoms with Crippen LogP contribution in [0.25, 0.3) is 11.1 Å². The smallest absolute Gasteiger partial charge is 0.252 e. The number of aromatic nitrogens is 3. The molecule has 0 aliphatic heterocycles. The van der Waals surface area contributed by atoms with Gasteiger partial charge in [0, 0.05) is 35.5 Å². The van der Waals surface area contributed by atoms with E-state index in [1.807, 2.05) is 18.2 Å². The summed E-state index contributed by atoms with van der Waals surface area (Å²) in [6.45, 7) is 0. The van der Waals surface area contributed by atoms with Crippen molar-refractivity contribution in [3.05, 3.63) is 48.4 Å². The summed E-state index contributed by atoms with van der Waals surface area (Å²) in [6, 6.07) is 7.16. The first-order valence-corrected chi connectivity index (χ1v) is 9.10. The minimum Gasteiger partial charge on any atom is -0.494 e. The molecule has 0 atom stereocenters. The number of methoxy groups -OCH3 is 1. The number of anilines is 3. The summed E-state index contributed by atoms with van der Waals surface area (Å²) in [5, 5.41) is 12.7. The van der Waals surface area contributed by atoms with Gasteiger partial charge in [0.05, 0.1) is 30.2 Å². The van der Waals surface area contributed by atoms with Crippen LogP contribution in [-0.2, 0) is 4.79 Å². The van der Waals surface area contributed by atoms with Crippen LogP contribution in [0.1, 0.15) is 23.2 Å². The van der Waals surface area contributed by atoms with Gasteiger partial charge in [-0.15, -0.1) is 0 Å². The van der Waals surface area contributed by atoms with E-state index >= 15 is 0 Å². The van der Waals surface area contributed by atoms with Crippen LogP contribution in [0.5, 0.6) is 5.75 Å². The zero-order valence-electron chi connectivity index (χ0n) is 15.7. The molecule has 0 spiro atoms. The van der Waals surface area contributed by atoms with Gasteiger partial charge in [0.25, 0.3) is 5.91 Å². The van der Waals surface area contributed by atoms with Crippen LogP contribution >= 0.6 is 0 Å². The maximum atomic E-state index is 12.0. The highest BCUT2D eigenvalue weighted by atomic mass is 16.5. The van der Waals surface area contributed by atoms with Crippen LogP contribution in [0.15, 0.2) is 42.9 Å². The summed E-state index contributed by atoms with van der Waals surface area (Å²) < 4.78 is 5.60. The summed E-state index contributed by atoms with van der Waals surface area (Å²) in [5.41, 5.74) is 8.42. The van der Waals surface area contributed by atoms with E-state index in [1.54, 1.807) is 25.6 Å². The fourth-order valence-electron chi connectivity index (χ4n) is 3.02. The van der Waals surface area contributed by atoms with Crippen LogP contribution in [0.4, 0.5) is 17.2 Å². The molecule has 2 amide bonds. The number of ether oxygens (including phenoxy) is 1. The SMILES string of the molecule is COc1c(Nc2cc(NC(=O)C3CC3)ncc2C(N)=O)cccc1-c1cn[nH]c1. The number of carbonyl (C=O) groups excluding carboxylic acids is 2. The number of carbonyl (C=O) groups is 2. The molecule has 1 saturated carbocycles. The number of hydrogen-bond acceptors (Lipinski definition) is 6. The summed E-state index contributed by atoms with van der Waals surface area (Å²) in [5.74, 6) is 0.250. The van der Waals surface area contributed by atoms with Crippen molar-refractivity contribution < 1.29 is 14.3 Å². The first kappa shape index (κ1) is 18.5. The Morgan fingerprint density at radius 2 is 2.07 bits per heavy atom. The predicted octanol–water partition coefficient (Wildman–Crippen LogP) is 2.67. The number of hydrogen-bond donors (Lipinski definition) is 4. The van der Waals surface area contributed by atoms with Crippen LogP contribution in [0.2, 0.25) is 0 Å². The van der Waals surface area contributed by atoms with E-state index in [-0.39, 0.29) is 17.4 Å². The molecular formula is C20H20N6O3. The number of nitrogens with two attached hydrogens (primary N) is 1. The van der Waals surface area contributed by atoms with Crippen molar-refractivity contribution in [1.29, 1.82) is 0 Å². The average molecular weight is 392 g/mol. The molecule has 1 aromatic carbocycles. The van der Waals surface area contributed by atoms with Gasteiger partial charge in [0.15, 0.2) is 0 Å². The third kappa shape index (κ3) is 3.88. The number of amides is 2. The van der Waals surface area contributed by atoms with Gasteiger partial charge in [-0.25, -0.2) is 4.98 Å². The Morgan fingerprint density at radius 3 is 2.72 bits per heavy atom. The van der Waals surface area contributed by atoms with Gasteiger partial charge in [0.2, 0.25) is 5.91 Å². The highest BCUT2D eigenvalue weighted by molar-refractivity contribution is 6.01. The number of aromatic amines is 1. The van der Waals surface area contributed by atoms with E-state index in [0.717, 1.165) is 24.0 Å². The van der Waals surface area contributed by atoms with E-state index in [1.165, 1.54) is 6.20 Å². The lowest BCUT2D eigenvalue weighted by Crippen LogP contribution is -2.17. The molecule has 3 aromatic rings. The first-order valence-electron chi connectivity index (χ1n) is 9.10. The quantitative estimate of drug-likeness (QED) is 0.488. The highest BCUT2D eigenvalue weighted by Gasteiger charge is 2.30. The molecule has 2 heterocycles. The summed E-state index contributed by atoms with van der Waals surface area (Å²) in [6.07, 6.45) is 6.56. The molecule has 29 heavy (non-hydrogen) atoms. The summed E-state index contributed by atoms with van der Waals surface area (Å²) in [7, 11) is 1.56. The second-order valence-electron chi connectivity index (χ2n) is 6.74. The molecule has 0 bridgehead atoms. The van der Waals surface area contributed by atoms with Crippen LogP contribution < -0.4 is 21.1 Å². The number of benzene rings is 1. The maximum Gasteiger partial charge on any atom is 0.252 e. The summed E-state index contributed by atoms with van der Waals surface area (Å²) >= 11 is 0. The number of para-hydroxylation sites is 1. The van der Waals surface area contributed by atoms with Crippen molar-refractivity contribution in [2.45, 2.75) is 12.8 Å². The third-order valence-corrected chi connectivity index (χ3v) is 4.67. The zero-order valence-corrected chi connectivity index (χ0v) is 15.7. The molecule has 1 aliphatic rings. The van der Waals surface area contributed by atoms with Crippen LogP contribution in [-0.4, -0.2) is 34.1 Å². The minimum atomic E-state index is -0.634. The molecule has 9 nitrogen and oxygen atoms in total. The van der Waals surface area contributed by atoms with Gasteiger partial charge in [-0.05, 0) is 18.9 Å². The molecule has 2 aromatic heterocycles. The van der Waals surface area contributed by atoms with E-state index in [2.05, 4.69) is 25.8 Å². The number of nitrogens with zero attached hydrogens (tertiary/aromatic N) is 2. The normalized spacial score (nSPS) is 13.0. The number of nitrogens with one attached hydrogen (secondary N) is 3. The fraction of sp³-hybridized carbons (Fsp3) is 0.200. The molecule has 4 rings (SSSR count).